The van der Waals surface area contributed by atoms with Crippen LogP contribution in [0.5, 0.6) is 23.0 Å². The van der Waals surface area contributed by atoms with Gasteiger partial charge in [-0.05, 0) is 78.0 Å². The van der Waals surface area contributed by atoms with Crippen LogP contribution in [0.3, 0.4) is 0 Å². The molecule has 0 unspecified atom stereocenters. The van der Waals surface area contributed by atoms with Gasteiger partial charge in [0.15, 0.2) is 19.8 Å². The van der Waals surface area contributed by atoms with Gasteiger partial charge < -0.3 is 23.7 Å². The zero-order valence-corrected chi connectivity index (χ0v) is 21.3. The van der Waals surface area contributed by atoms with E-state index in [1.807, 2.05) is 37.4 Å². The van der Waals surface area contributed by atoms with E-state index in [2.05, 4.69) is 32.9 Å². The molecule has 2 rings (SSSR count). The van der Waals surface area contributed by atoms with Crippen molar-refractivity contribution in [2.75, 3.05) is 28.4 Å². The first-order valence-corrected chi connectivity index (χ1v) is 13.3. The van der Waals surface area contributed by atoms with Crippen molar-refractivity contribution in [3.63, 3.8) is 0 Å². The van der Waals surface area contributed by atoms with Gasteiger partial charge in [-0.1, -0.05) is 26.0 Å². The first kappa shape index (κ1) is 24.8. The van der Waals surface area contributed by atoms with Gasteiger partial charge in [0, 0.05) is 0 Å². The fraction of sp³-hybridized carbons (Fsp3) is 0.440. The molecule has 0 bridgehead atoms. The van der Waals surface area contributed by atoms with Crippen LogP contribution < -0.4 is 18.9 Å². The molecule has 0 heterocycles. The molecule has 0 aliphatic carbocycles. The van der Waals surface area contributed by atoms with Crippen molar-refractivity contribution in [3.05, 3.63) is 47.0 Å². The zero-order valence-electron chi connectivity index (χ0n) is 20.3. The van der Waals surface area contributed by atoms with Crippen LogP contribution in [0.1, 0.15) is 37.5 Å². The largest absolute Gasteiger partial charge is 0.496 e. The molecule has 6 heteroatoms. The van der Waals surface area contributed by atoms with E-state index in [0.717, 1.165) is 34.4 Å². The third-order valence-electron chi connectivity index (χ3n) is 6.10. The molecule has 0 aliphatic heterocycles. The monoisotopic (exact) mass is 444 g/mol. The van der Waals surface area contributed by atoms with Crippen molar-refractivity contribution in [3.8, 4) is 23.0 Å². The molecule has 170 valence electrons. The Bertz CT molecular complexity index is 916. The van der Waals surface area contributed by atoms with Crippen molar-refractivity contribution >= 4 is 20.0 Å². The highest BCUT2D eigenvalue weighted by atomic mass is 28.4. The van der Waals surface area contributed by atoms with Crippen LogP contribution in [0.4, 0.5) is 0 Å². The summed E-state index contributed by atoms with van der Waals surface area (Å²) in [4.78, 5) is 10.7. The van der Waals surface area contributed by atoms with Crippen LogP contribution in [0.25, 0.3) is 11.6 Å². The van der Waals surface area contributed by atoms with Crippen LogP contribution >= 0.6 is 0 Å². The first-order valence-electron chi connectivity index (χ1n) is 10.4. The van der Waals surface area contributed by atoms with Gasteiger partial charge >= 0.3 is 0 Å². The van der Waals surface area contributed by atoms with E-state index >= 15 is 0 Å². The Morgan fingerprint density at radius 1 is 0.903 bits per heavy atom. The van der Waals surface area contributed by atoms with Gasteiger partial charge in [0.2, 0.25) is 5.75 Å². The molecule has 0 amide bonds. The van der Waals surface area contributed by atoms with E-state index in [0.29, 0.717) is 17.2 Å². The van der Waals surface area contributed by atoms with Gasteiger partial charge in [0.05, 0.1) is 28.4 Å². The van der Waals surface area contributed by atoms with Crippen molar-refractivity contribution in [1.29, 1.82) is 0 Å². The highest BCUT2D eigenvalue weighted by molar-refractivity contribution is 6.72. The predicted octanol–water partition coefficient (Wildman–Crippen LogP) is 5.80. The fourth-order valence-corrected chi connectivity index (χ4v) is 3.98. The van der Waals surface area contributed by atoms with E-state index < -0.39 is 8.32 Å². The lowest BCUT2D eigenvalue weighted by Gasteiger charge is -2.35. The Morgan fingerprint density at radius 3 is 1.90 bits per heavy atom. The zero-order chi connectivity index (χ0) is 23.4. The van der Waals surface area contributed by atoms with E-state index in [4.69, 9.17) is 18.9 Å². The summed E-state index contributed by atoms with van der Waals surface area (Å²) in [7, 11) is 4.16. The maximum atomic E-state index is 10.7. The van der Waals surface area contributed by atoms with E-state index in [1.54, 1.807) is 28.4 Å². The quantitative estimate of drug-likeness (QED) is 0.391. The minimum atomic E-state index is -2.35. The summed E-state index contributed by atoms with van der Waals surface area (Å²) < 4.78 is 22.0. The number of hydrogen-bond acceptors (Lipinski definition) is 5. The van der Waals surface area contributed by atoms with Gasteiger partial charge in [-0.25, -0.2) is 0 Å². The molecule has 5 nitrogen and oxygen atoms in total. The van der Waals surface area contributed by atoms with Gasteiger partial charge in [-0.2, -0.15) is 0 Å². The molecule has 0 fully saturated rings. The minimum absolute atomic E-state index is 0.186. The normalized spacial score (nSPS) is 12.5. The molecule has 0 aromatic heterocycles. The molecule has 1 N–H and O–H groups in total. The van der Waals surface area contributed by atoms with Gasteiger partial charge in [0.25, 0.3) is 0 Å². The fourth-order valence-electron chi connectivity index (χ4n) is 3.36. The van der Waals surface area contributed by atoms with Crippen molar-refractivity contribution in [2.45, 2.75) is 45.3 Å². The maximum absolute atomic E-state index is 10.7. The van der Waals surface area contributed by atoms with Crippen LogP contribution in [-0.4, -0.2) is 41.6 Å². The summed E-state index contributed by atoms with van der Waals surface area (Å²) in [6.07, 6.45) is 2.87. The molecule has 0 radical (unpaired) electrons. The number of allylic oxidation sites excluding steroid dienone is 1. The summed E-state index contributed by atoms with van der Waals surface area (Å²) >= 11 is 0. The molecule has 0 saturated heterocycles. The molecular formula is C25H36O5Si. The Balaban J connectivity index is 2.48. The predicted molar refractivity (Wildman–Crippen MR) is 130 cm³/mol. The average Bonchev–Trinajstić information content (AvgIpc) is 2.71. The molecular weight excluding hydrogens is 408 g/mol. The Labute approximate surface area is 187 Å². The second-order valence-electron chi connectivity index (χ2n) is 8.93. The van der Waals surface area contributed by atoms with Crippen molar-refractivity contribution < 1.29 is 23.7 Å². The second kappa shape index (κ2) is 9.79. The summed E-state index contributed by atoms with van der Waals surface area (Å²) in [5.74, 6) is 2.66. The van der Waals surface area contributed by atoms with Gasteiger partial charge in [-0.15, -0.1) is 0 Å². The third kappa shape index (κ3) is 5.63. The van der Waals surface area contributed by atoms with Crippen molar-refractivity contribution in [1.82, 2.24) is 0 Å². The number of methoxy groups -OCH3 is 4. The highest BCUT2D eigenvalue weighted by Crippen LogP contribution is 2.42. The lowest BCUT2D eigenvalue weighted by Crippen LogP contribution is -2.40. The number of benzene rings is 2. The Kier molecular flexibility index (Phi) is 7.84. The molecule has 2 aromatic rings. The number of ether oxygens (including phenoxy) is 4. The topological polar surface area (TPSA) is 57.2 Å². The van der Waals surface area contributed by atoms with E-state index in [9.17, 15) is 4.80 Å². The van der Waals surface area contributed by atoms with Gasteiger partial charge in [0.1, 0.15) is 5.75 Å². The molecule has 2 aromatic carbocycles. The average molecular weight is 445 g/mol. The maximum Gasteiger partial charge on any atom is 0.203 e. The second-order valence-corrected chi connectivity index (χ2v) is 13.4. The van der Waals surface area contributed by atoms with Gasteiger partial charge in [-0.3, -0.25) is 0 Å². The molecule has 0 aliphatic rings. The van der Waals surface area contributed by atoms with Crippen molar-refractivity contribution in [2.24, 2.45) is 0 Å². The lowest BCUT2D eigenvalue weighted by molar-refractivity contribution is 0.324. The smallest absolute Gasteiger partial charge is 0.203 e. The van der Waals surface area contributed by atoms with Crippen LogP contribution in [0, 0.1) is 0 Å². The third-order valence-corrected chi connectivity index (χ3v) is 9.59. The number of hydrogen-bond donors (Lipinski definition) is 1. The van der Waals surface area contributed by atoms with E-state index in [-0.39, 0.29) is 5.04 Å². The summed E-state index contributed by atoms with van der Waals surface area (Å²) in [5.41, 5.74) is 4.20. The Morgan fingerprint density at radius 2 is 1.45 bits per heavy atom. The van der Waals surface area contributed by atoms with E-state index in [1.165, 1.54) is 0 Å². The first-order chi connectivity index (χ1) is 14.5. The lowest BCUT2D eigenvalue weighted by atomic mass is 9.97. The summed E-state index contributed by atoms with van der Waals surface area (Å²) in [5, 5.41) is -0.186. The Hall–Kier alpha value is -2.44. The standard InChI is InChI=1S/C25H36O5Si/c1-17(19-14-22(28-5)24(30-7)23(15-19)29-6)12-18-10-11-21(27-4)20(13-18)16-25(2,3)31(8,9)26/h10-15,26H,16H2,1-9H3/b17-12-. The van der Waals surface area contributed by atoms with Crippen LogP contribution in [-0.2, 0) is 6.42 Å². The molecule has 31 heavy (non-hydrogen) atoms. The molecule has 0 saturated carbocycles. The summed E-state index contributed by atoms with van der Waals surface area (Å²) in [6, 6.07) is 10.1. The highest BCUT2D eigenvalue weighted by Gasteiger charge is 2.38. The van der Waals surface area contributed by atoms with Crippen LogP contribution in [0.15, 0.2) is 30.3 Å². The SMILES string of the molecule is COc1ccc(/C=C(/C)c2cc(OC)c(OC)c(OC)c2)cc1CC(C)(C)[Si](C)(C)O. The molecule has 0 spiro atoms. The summed E-state index contributed by atoms with van der Waals surface area (Å²) in [6.45, 7) is 10.3. The van der Waals surface area contributed by atoms with Crippen LogP contribution in [0.2, 0.25) is 18.1 Å². The number of rotatable bonds is 9. The molecule has 0 atom stereocenters. The minimum Gasteiger partial charge on any atom is -0.496 e.